The Hall–Kier alpha value is -1.66. The Labute approximate surface area is 121 Å². The van der Waals surface area contributed by atoms with Crippen LogP contribution in [0.3, 0.4) is 0 Å². The van der Waals surface area contributed by atoms with Crippen molar-refractivity contribution in [3.63, 3.8) is 0 Å². The van der Waals surface area contributed by atoms with Gasteiger partial charge >= 0.3 is 0 Å². The third-order valence-corrected chi connectivity index (χ3v) is 4.71. The zero-order chi connectivity index (χ0) is 13.7. The van der Waals surface area contributed by atoms with E-state index >= 15 is 0 Å². The lowest BCUT2D eigenvalue weighted by Gasteiger charge is -2.07. The molecule has 0 radical (unpaired) electrons. The number of aromatic nitrogens is 4. The zero-order valence-corrected chi connectivity index (χ0v) is 12.4. The van der Waals surface area contributed by atoms with E-state index in [9.17, 15) is 0 Å². The molecule has 4 rings (SSSR count). The van der Waals surface area contributed by atoms with Crippen LogP contribution >= 0.6 is 11.3 Å². The fourth-order valence-corrected chi connectivity index (χ4v) is 3.15. The highest BCUT2D eigenvalue weighted by Crippen LogP contribution is 2.24. The molecule has 0 bridgehead atoms. The van der Waals surface area contributed by atoms with E-state index in [-0.39, 0.29) is 0 Å². The molecule has 3 aromatic heterocycles. The average Bonchev–Trinajstić information content (AvgIpc) is 2.91. The van der Waals surface area contributed by atoms with Crippen molar-refractivity contribution in [1.82, 2.24) is 24.3 Å². The van der Waals surface area contributed by atoms with Gasteiger partial charge in [-0.25, -0.2) is 9.97 Å². The smallest absolute Gasteiger partial charge is 0.195 e. The first-order valence-corrected chi connectivity index (χ1v) is 7.80. The van der Waals surface area contributed by atoms with Crippen LogP contribution in [0.5, 0.6) is 0 Å². The van der Waals surface area contributed by atoms with Crippen molar-refractivity contribution in [3.8, 4) is 5.82 Å². The molecule has 0 aliphatic heterocycles. The Kier molecular flexibility index (Phi) is 2.68. The minimum atomic E-state index is 0.692. The van der Waals surface area contributed by atoms with Gasteiger partial charge in [-0.05, 0) is 26.7 Å². The molecule has 1 fully saturated rings. The SMILES string of the molecule is Cc1ncn(-c2nc3sccn3c2CNC2CC2)c1C. The van der Waals surface area contributed by atoms with Crippen LogP contribution in [0.4, 0.5) is 0 Å². The summed E-state index contributed by atoms with van der Waals surface area (Å²) in [5.74, 6) is 1.00. The van der Waals surface area contributed by atoms with Gasteiger partial charge in [-0.2, -0.15) is 0 Å². The molecule has 3 aromatic rings. The second kappa shape index (κ2) is 4.43. The highest BCUT2D eigenvalue weighted by atomic mass is 32.1. The van der Waals surface area contributed by atoms with Crippen molar-refractivity contribution < 1.29 is 0 Å². The molecular formula is C14H17N5S. The summed E-state index contributed by atoms with van der Waals surface area (Å²) in [6.45, 7) is 4.98. The topological polar surface area (TPSA) is 47.2 Å². The highest BCUT2D eigenvalue weighted by molar-refractivity contribution is 7.15. The van der Waals surface area contributed by atoms with E-state index in [4.69, 9.17) is 4.98 Å². The fourth-order valence-electron chi connectivity index (χ4n) is 2.42. The fraction of sp³-hybridized carbons (Fsp3) is 0.429. The summed E-state index contributed by atoms with van der Waals surface area (Å²) in [4.78, 5) is 10.2. The first-order valence-electron chi connectivity index (χ1n) is 6.93. The van der Waals surface area contributed by atoms with Crippen molar-refractivity contribution in [3.05, 3.63) is 35.0 Å². The number of nitrogens with one attached hydrogen (secondary N) is 1. The van der Waals surface area contributed by atoms with Gasteiger partial charge in [0.2, 0.25) is 0 Å². The molecule has 0 saturated heterocycles. The molecule has 5 nitrogen and oxygen atoms in total. The van der Waals surface area contributed by atoms with Gasteiger partial charge < -0.3 is 5.32 Å². The van der Waals surface area contributed by atoms with E-state index in [0.29, 0.717) is 6.04 Å². The summed E-state index contributed by atoms with van der Waals surface area (Å²) in [5, 5.41) is 5.67. The second-order valence-electron chi connectivity index (χ2n) is 5.38. The van der Waals surface area contributed by atoms with Crippen LogP contribution in [0.2, 0.25) is 0 Å². The maximum atomic E-state index is 4.78. The second-order valence-corrected chi connectivity index (χ2v) is 6.25. The molecule has 1 N–H and O–H groups in total. The van der Waals surface area contributed by atoms with Crippen molar-refractivity contribution in [1.29, 1.82) is 0 Å². The summed E-state index contributed by atoms with van der Waals surface area (Å²) >= 11 is 1.67. The van der Waals surface area contributed by atoms with Crippen molar-refractivity contribution in [2.45, 2.75) is 39.3 Å². The number of nitrogens with zero attached hydrogens (tertiary/aromatic N) is 4. The number of fused-ring (bicyclic) bond motifs is 1. The van der Waals surface area contributed by atoms with Crippen LogP contribution in [-0.2, 0) is 6.54 Å². The molecule has 3 heterocycles. The average molecular weight is 287 g/mol. The predicted octanol–water partition coefficient (Wildman–Crippen LogP) is 2.45. The van der Waals surface area contributed by atoms with Gasteiger partial charge in [0.05, 0.1) is 11.4 Å². The summed E-state index contributed by atoms with van der Waals surface area (Å²) in [6.07, 6.45) is 6.56. The van der Waals surface area contributed by atoms with Gasteiger partial charge in [0, 0.05) is 29.9 Å². The van der Waals surface area contributed by atoms with E-state index in [1.807, 2.05) is 13.3 Å². The Balaban J connectivity index is 1.82. The Bertz CT molecular complexity index is 762. The predicted molar refractivity (Wildman–Crippen MR) is 79.5 cm³/mol. The lowest BCUT2D eigenvalue weighted by atomic mass is 10.3. The number of rotatable bonds is 4. The molecule has 1 aliphatic carbocycles. The number of hydrogen-bond donors (Lipinski definition) is 1. The summed E-state index contributed by atoms with van der Waals surface area (Å²) in [7, 11) is 0. The summed E-state index contributed by atoms with van der Waals surface area (Å²) in [5.41, 5.74) is 3.43. The number of thiazole rings is 1. The minimum Gasteiger partial charge on any atom is -0.308 e. The Morgan fingerprint density at radius 2 is 2.25 bits per heavy atom. The molecule has 20 heavy (non-hydrogen) atoms. The van der Waals surface area contributed by atoms with Gasteiger partial charge in [-0.3, -0.25) is 8.97 Å². The number of hydrogen-bond acceptors (Lipinski definition) is 4. The van der Waals surface area contributed by atoms with Crippen LogP contribution < -0.4 is 5.32 Å². The lowest BCUT2D eigenvalue weighted by molar-refractivity contribution is 0.666. The molecule has 6 heteroatoms. The largest absolute Gasteiger partial charge is 0.308 e. The van der Waals surface area contributed by atoms with Crippen LogP contribution in [0.25, 0.3) is 10.8 Å². The van der Waals surface area contributed by atoms with Gasteiger partial charge in [-0.15, -0.1) is 11.3 Å². The standard InChI is InChI=1S/C14H17N5S/c1-9-10(2)19(8-16-9)13-12(7-15-11-3-4-11)18-5-6-20-14(18)17-13/h5-6,8,11,15H,3-4,7H2,1-2H3. The van der Waals surface area contributed by atoms with E-state index in [0.717, 1.165) is 28.7 Å². The minimum absolute atomic E-state index is 0.692. The van der Waals surface area contributed by atoms with Crippen LogP contribution in [0.15, 0.2) is 17.9 Å². The molecule has 0 aromatic carbocycles. The van der Waals surface area contributed by atoms with Crippen LogP contribution in [0.1, 0.15) is 29.9 Å². The third kappa shape index (κ3) is 1.87. The summed E-state index contributed by atoms with van der Waals surface area (Å²) in [6, 6.07) is 0.692. The number of imidazole rings is 2. The zero-order valence-electron chi connectivity index (χ0n) is 11.6. The van der Waals surface area contributed by atoms with Crippen LogP contribution in [0, 0.1) is 13.8 Å². The lowest BCUT2D eigenvalue weighted by Crippen LogP contribution is -2.18. The molecule has 0 amide bonds. The molecule has 0 unspecified atom stereocenters. The molecule has 1 saturated carbocycles. The van der Waals surface area contributed by atoms with E-state index in [1.165, 1.54) is 18.5 Å². The van der Waals surface area contributed by atoms with Gasteiger partial charge in [-0.1, -0.05) is 0 Å². The maximum absolute atomic E-state index is 4.78. The van der Waals surface area contributed by atoms with Gasteiger partial charge in [0.25, 0.3) is 0 Å². The van der Waals surface area contributed by atoms with Crippen LogP contribution in [-0.4, -0.2) is 25.0 Å². The Morgan fingerprint density at radius 3 is 2.95 bits per heavy atom. The van der Waals surface area contributed by atoms with Crippen molar-refractivity contribution in [2.75, 3.05) is 0 Å². The number of aryl methyl sites for hydroxylation is 1. The first kappa shape index (κ1) is 12.1. The van der Waals surface area contributed by atoms with E-state index in [2.05, 4.69) is 37.8 Å². The first-order chi connectivity index (χ1) is 9.74. The highest BCUT2D eigenvalue weighted by Gasteiger charge is 2.23. The molecule has 0 atom stereocenters. The van der Waals surface area contributed by atoms with E-state index < -0.39 is 0 Å². The molecule has 0 spiro atoms. The van der Waals surface area contributed by atoms with Crippen molar-refractivity contribution in [2.24, 2.45) is 0 Å². The third-order valence-electron chi connectivity index (χ3n) is 3.96. The van der Waals surface area contributed by atoms with E-state index in [1.54, 1.807) is 11.3 Å². The molecular weight excluding hydrogens is 270 g/mol. The normalized spacial score (nSPS) is 15.3. The van der Waals surface area contributed by atoms with Gasteiger partial charge in [0.1, 0.15) is 6.33 Å². The molecule has 104 valence electrons. The Morgan fingerprint density at radius 1 is 1.40 bits per heavy atom. The monoisotopic (exact) mass is 287 g/mol. The maximum Gasteiger partial charge on any atom is 0.195 e. The van der Waals surface area contributed by atoms with Gasteiger partial charge in [0.15, 0.2) is 10.8 Å². The summed E-state index contributed by atoms with van der Waals surface area (Å²) < 4.78 is 4.28. The van der Waals surface area contributed by atoms with Crippen molar-refractivity contribution >= 4 is 16.3 Å². The molecule has 1 aliphatic rings. The quantitative estimate of drug-likeness (QED) is 0.802.